The summed E-state index contributed by atoms with van der Waals surface area (Å²) >= 11 is 0. The van der Waals surface area contributed by atoms with Gasteiger partial charge in [0.05, 0.1) is 0 Å². The van der Waals surface area contributed by atoms with Gasteiger partial charge in [-0.2, -0.15) is 0 Å². The average Bonchev–Trinajstić information content (AvgIpc) is 2.93. The van der Waals surface area contributed by atoms with E-state index in [-0.39, 0.29) is 11.9 Å². The zero-order chi connectivity index (χ0) is 14.5. The fraction of sp³-hybridized carbons (Fsp3) is 0.375. The first-order valence-corrected chi connectivity index (χ1v) is 6.90. The van der Waals surface area contributed by atoms with E-state index >= 15 is 0 Å². The molecule has 106 valence electrons. The number of aryl methyl sites for hydroxylation is 1. The molecule has 2 heterocycles. The molecule has 0 N–H and O–H groups in total. The fourth-order valence-corrected chi connectivity index (χ4v) is 2.38. The van der Waals surface area contributed by atoms with Crippen molar-refractivity contribution >= 4 is 5.91 Å². The average molecular weight is 271 g/mol. The lowest BCUT2D eigenvalue weighted by Crippen LogP contribution is -2.33. The zero-order valence-electron chi connectivity index (χ0n) is 12.3. The van der Waals surface area contributed by atoms with Crippen molar-refractivity contribution in [1.82, 2.24) is 14.5 Å². The van der Waals surface area contributed by atoms with Gasteiger partial charge in [0.15, 0.2) is 0 Å². The fourth-order valence-electron chi connectivity index (χ4n) is 2.38. The molecule has 0 spiro atoms. The summed E-state index contributed by atoms with van der Waals surface area (Å²) in [4.78, 5) is 18.5. The van der Waals surface area contributed by atoms with Gasteiger partial charge < -0.3 is 9.47 Å². The molecule has 0 aliphatic carbocycles. The lowest BCUT2D eigenvalue weighted by molar-refractivity contribution is -0.134. The lowest BCUT2D eigenvalue weighted by Gasteiger charge is -2.24. The Morgan fingerprint density at radius 2 is 2.10 bits per heavy atom. The van der Waals surface area contributed by atoms with Gasteiger partial charge in [-0.15, -0.1) is 0 Å². The van der Waals surface area contributed by atoms with Crippen LogP contribution in [0.2, 0.25) is 0 Å². The Morgan fingerprint density at radius 3 is 2.70 bits per heavy atom. The first-order valence-electron chi connectivity index (χ1n) is 6.90. The molecule has 2 rings (SSSR count). The summed E-state index contributed by atoms with van der Waals surface area (Å²) in [6.07, 6.45) is 6.45. The monoisotopic (exact) mass is 271 g/mol. The van der Waals surface area contributed by atoms with Crippen LogP contribution in [0.15, 0.2) is 42.9 Å². The smallest absolute Gasteiger partial charge is 0.245 e. The number of rotatable bonds is 5. The highest BCUT2D eigenvalue weighted by atomic mass is 16.2. The SMILES string of the molecule is CC[C@@H](C(=O)N(C)Cc1ccnc(C)c1)n1cccc1. The van der Waals surface area contributed by atoms with E-state index in [9.17, 15) is 4.79 Å². The third-order valence-electron chi connectivity index (χ3n) is 3.42. The van der Waals surface area contributed by atoms with Crippen molar-refractivity contribution in [3.63, 3.8) is 0 Å². The molecule has 4 nitrogen and oxygen atoms in total. The minimum Gasteiger partial charge on any atom is -0.342 e. The summed E-state index contributed by atoms with van der Waals surface area (Å²) in [6.45, 7) is 4.60. The molecule has 1 amide bonds. The van der Waals surface area contributed by atoms with E-state index in [1.807, 2.05) is 62.1 Å². The van der Waals surface area contributed by atoms with E-state index in [0.717, 1.165) is 17.7 Å². The number of hydrogen-bond donors (Lipinski definition) is 0. The Morgan fingerprint density at radius 1 is 1.40 bits per heavy atom. The second-order valence-electron chi connectivity index (χ2n) is 5.05. The maximum atomic E-state index is 12.6. The summed E-state index contributed by atoms with van der Waals surface area (Å²) < 4.78 is 1.97. The Bertz CT molecular complexity index is 563. The van der Waals surface area contributed by atoms with Crippen molar-refractivity contribution < 1.29 is 4.79 Å². The highest BCUT2D eigenvalue weighted by Gasteiger charge is 2.21. The standard InChI is InChI=1S/C16H21N3O/c1-4-15(19-9-5-6-10-19)16(20)18(3)12-14-7-8-17-13(2)11-14/h5-11,15H,4,12H2,1-3H3/t15-/m0/s1. The molecule has 2 aromatic rings. The number of pyridine rings is 1. The Kier molecular flexibility index (Phi) is 4.56. The van der Waals surface area contributed by atoms with Crippen LogP contribution in [0, 0.1) is 6.92 Å². The number of aromatic nitrogens is 2. The molecule has 0 unspecified atom stereocenters. The quantitative estimate of drug-likeness (QED) is 0.838. The molecule has 0 saturated carbocycles. The molecule has 0 saturated heterocycles. The van der Waals surface area contributed by atoms with E-state index in [0.29, 0.717) is 6.54 Å². The van der Waals surface area contributed by atoms with E-state index in [1.54, 1.807) is 11.1 Å². The Hall–Kier alpha value is -2.10. The number of carbonyl (C=O) groups excluding carboxylic acids is 1. The van der Waals surface area contributed by atoms with Crippen LogP contribution in [-0.4, -0.2) is 27.4 Å². The molecule has 0 radical (unpaired) electrons. The molecule has 0 aromatic carbocycles. The van der Waals surface area contributed by atoms with E-state index in [4.69, 9.17) is 0 Å². The third kappa shape index (κ3) is 3.26. The second-order valence-corrected chi connectivity index (χ2v) is 5.05. The summed E-state index contributed by atoms with van der Waals surface area (Å²) in [5.74, 6) is 0.137. The van der Waals surface area contributed by atoms with Crippen molar-refractivity contribution in [1.29, 1.82) is 0 Å². The van der Waals surface area contributed by atoms with Crippen molar-refractivity contribution in [2.75, 3.05) is 7.05 Å². The molecule has 4 heteroatoms. The van der Waals surface area contributed by atoms with Gasteiger partial charge in [0.2, 0.25) is 5.91 Å². The van der Waals surface area contributed by atoms with Crippen LogP contribution < -0.4 is 0 Å². The van der Waals surface area contributed by atoms with Gasteiger partial charge in [0, 0.05) is 37.9 Å². The van der Waals surface area contributed by atoms with Gasteiger partial charge in [0.25, 0.3) is 0 Å². The van der Waals surface area contributed by atoms with Gasteiger partial charge >= 0.3 is 0 Å². The zero-order valence-corrected chi connectivity index (χ0v) is 12.3. The first-order chi connectivity index (χ1) is 9.61. The normalized spacial score (nSPS) is 12.2. The lowest BCUT2D eigenvalue weighted by atomic mass is 10.1. The molecule has 0 aliphatic heterocycles. The topological polar surface area (TPSA) is 38.1 Å². The van der Waals surface area contributed by atoms with Crippen LogP contribution in [0.3, 0.4) is 0 Å². The summed E-state index contributed by atoms with van der Waals surface area (Å²) in [5.41, 5.74) is 2.08. The van der Waals surface area contributed by atoms with Crippen molar-refractivity contribution in [2.45, 2.75) is 32.9 Å². The van der Waals surface area contributed by atoms with Gasteiger partial charge in [-0.25, -0.2) is 0 Å². The minimum atomic E-state index is -0.127. The van der Waals surface area contributed by atoms with Crippen LogP contribution in [0.5, 0.6) is 0 Å². The Balaban J connectivity index is 2.08. The molecule has 0 bridgehead atoms. The number of amides is 1. The molecular formula is C16H21N3O. The molecule has 20 heavy (non-hydrogen) atoms. The third-order valence-corrected chi connectivity index (χ3v) is 3.42. The predicted octanol–water partition coefficient (Wildman–Crippen LogP) is 2.80. The van der Waals surface area contributed by atoms with Crippen molar-refractivity contribution in [3.05, 3.63) is 54.1 Å². The number of nitrogens with zero attached hydrogens (tertiary/aromatic N) is 3. The van der Waals surface area contributed by atoms with E-state index < -0.39 is 0 Å². The van der Waals surface area contributed by atoms with Crippen LogP contribution in [0.1, 0.15) is 30.6 Å². The number of hydrogen-bond acceptors (Lipinski definition) is 2. The van der Waals surface area contributed by atoms with Crippen LogP contribution in [-0.2, 0) is 11.3 Å². The van der Waals surface area contributed by atoms with Gasteiger partial charge in [0.1, 0.15) is 6.04 Å². The largest absolute Gasteiger partial charge is 0.342 e. The predicted molar refractivity (Wildman–Crippen MR) is 79.2 cm³/mol. The maximum Gasteiger partial charge on any atom is 0.245 e. The molecule has 2 aromatic heterocycles. The van der Waals surface area contributed by atoms with E-state index in [1.165, 1.54) is 0 Å². The van der Waals surface area contributed by atoms with Crippen LogP contribution in [0.25, 0.3) is 0 Å². The molecular weight excluding hydrogens is 250 g/mol. The van der Waals surface area contributed by atoms with Crippen molar-refractivity contribution in [3.8, 4) is 0 Å². The summed E-state index contributed by atoms with van der Waals surface area (Å²) in [5, 5.41) is 0. The van der Waals surface area contributed by atoms with Crippen molar-refractivity contribution in [2.24, 2.45) is 0 Å². The minimum absolute atomic E-state index is 0.127. The van der Waals surface area contributed by atoms with E-state index in [2.05, 4.69) is 4.98 Å². The maximum absolute atomic E-state index is 12.6. The van der Waals surface area contributed by atoms with Crippen LogP contribution >= 0.6 is 0 Å². The van der Waals surface area contributed by atoms with Crippen LogP contribution in [0.4, 0.5) is 0 Å². The highest BCUT2D eigenvalue weighted by molar-refractivity contribution is 5.80. The van der Waals surface area contributed by atoms with Gasteiger partial charge in [-0.05, 0) is 43.2 Å². The summed E-state index contributed by atoms with van der Waals surface area (Å²) in [6, 6.07) is 7.73. The molecule has 0 fully saturated rings. The first kappa shape index (κ1) is 14.3. The molecule has 0 aliphatic rings. The Labute approximate surface area is 120 Å². The van der Waals surface area contributed by atoms with Gasteiger partial charge in [-0.1, -0.05) is 6.92 Å². The second kappa shape index (κ2) is 6.37. The highest BCUT2D eigenvalue weighted by Crippen LogP contribution is 2.16. The summed E-state index contributed by atoms with van der Waals surface area (Å²) in [7, 11) is 1.85. The molecule has 1 atom stereocenters. The van der Waals surface area contributed by atoms with Gasteiger partial charge in [-0.3, -0.25) is 9.78 Å². The number of likely N-dealkylation sites (N-methyl/N-ethyl adjacent to an activating group) is 1. The number of carbonyl (C=O) groups is 1.